The van der Waals surface area contributed by atoms with Crippen LogP contribution in [-0.4, -0.2) is 94.3 Å². The van der Waals surface area contributed by atoms with Crippen LogP contribution in [0.1, 0.15) is 99.6 Å². The van der Waals surface area contributed by atoms with Gasteiger partial charge in [0, 0.05) is 62.3 Å². The zero-order valence-electron chi connectivity index (χ0n) is 65.5. The topological polar surface area (TPSA) is 321 Å². The molecule has 13 aromatic heterocycles. The fourth-order valence-corrected chi connectivity index (χ4v) is 13.8. The van der Waals surface area contributed by atoms with Gasteiger partial charge in [0.2, 0.25) is 29.5 Å². The van der Waals surface area contributed by atoms with Crippen molar-refractivity contribution in [2.75, 3.05) is 5.32 Å². The maximum Gasteiger partial charge on any atom is 0.262 e. The van der Waals surface area contributed by atoms with Gasteiger partial charge in [-0.3, -0.25) is 5.32 Å². The third-order valence-corrected chi connectivity index (χ3v) is 19.9. The molecule has 0 radical (unpaired) electrons. The summed E-state index contributed by atoms with van der Waals surface area (Å²) < 4.78 is 66.3. The van der Waals surface area contributed by atoms with Gasteiger partial charge < -0.3 is 36.6 Å². The van der Waals surface area contributed by atoms with Gasteiger partial charge in [-0.15, -0.1) is 25.5 Å². The predicted octanol–water partition coefficient (Wildman–Crippen LogP) is 18.6. The molecule has 1 N–H and O–H groups in total. The largest absolute Gasteiger partial charge is 0.469 e. The molecule has 588 valence electrons. The molecule has 0 bridgehead atoms. The molecule has 0 aliphatic heterocycles. The molecule has 0 atom stereocenters. The molecule has 7 aromatic carbocycles. The Morgan fingerprint density at radius 3 is 1.58 bits per heavy atom. The summed E-state index contributed by atoms with van der Waals surface area (Å²) >= 11 is 1.51. The number of para-hydroxylation sites is 5. The molecule has 0 saturated heterocycles. The first-order valence-electron chi connectivity index (χ1n) is 37.9. The van der Waals surface area contributed by atoms with Crippen molar-refractivity contribution >= 4 is 112 Å². The van der Waals surface area contributed by atoms with Crippen LogP contribution in [-0.2, 0) is 38.7 Å². The second-order valence-corrected chi connectivity index (χ2v) is 29.1. The van der Waals surface area contributed by atoms with Crippen LogP contribution in [0.5, 0.6) is 23.5 Å². The van der Waals surface area contributed by atoms with Crippen LogP contribution in [0.3, 0.4) is 0 Å². The summed E-state index contributed by atoms with van der Waals surface area (Å²) in [7, 11) is 0. The zero-order valence-corrected chi connectivity index (χ0v) is 66.3. The first-order chi connectivity index (χ1) is 57.5. The lowest BCUT2D eigenvalue weighted by Crippen LogP contribution is -2.07. The summed E-state index contributed by atoms with van der Waals surface area (Å²) in [5.74, 6) is 8.51. The quantitative estimate of drug-likeness (QED) is 0.0547. The summed E-state index contributed by atoms with van der Waals surface area (Å²) in [5.41, 5.74) is 13.2. The summed E-state index contributed by atoms with van der Waals surface area (Å²) in [6.07, 6.45) is 1.76. The van der Waals surface area contributed by atoms with E-state index in [2.05, 4.69) is 121 Å². The van der Waals surface area contributed by atoms with E-state index >= 15 is 0 Å². The van der Waals surface area contributed by atoms with Crippen LogP contribution in [0.15, 0.2) is 229 Å². The molecule has 13 heterocycles. The van der Waals surface area contributed by atoms with Crippen LogP contribution in [0, 0.1) is 54.3 Å². The number of hydrogen-bond donors (Lipinski definition) is 1. The second kappa shape index (κ2) is 33.4. The van der Waals surface area contributed by atoms with Crippen molar-refractivity contribution in [2.45, 2.75) is 112 Å². The average molecular weight is 1590 g/mol. The number of furan rings is 4. The minimum Gasteiger partial charge on any atom is -0.469 e. The number of halogens is 1. The van der Waals surface area contributed by atoms with Crippen molar-refractivity contribution in [3.63, 3.8) is 0 Å². The summed E-state index contributed by atoms with van der Waals surface area (Å²) in [5, 5.41) is 35.2. The van der Waals surface area contributed by atoms with E-state index in [1.807, 2.05) is 191 Å². The lowest BCUT2D eigenvalue weighted by atomic mass is 10.1. The Morgan fingerprint density at radius 2 is 0.983 bits per heavy atom. The van der Waals surface area contributed by atoms with Crippen LogP contribution in [0.25, 0.3) is 88.3 Å². The summed E-state index contributed by atoms with van der Waals surface area (Å²) in [4.78, 5) is 45.2. The molecule has 0 aliphatic carbocycles. The van der Waals surface area contributed by atoms with Gasteiger partial charge in [0.25, 0.3) is 17.4 Å². The lowest BCUT2D eigenvalue weighted by Gasteiger charge is -2.11. The van der Waals surface area contributed by atoms with Gasteiger partial charge in [-0.1, -0.05) is 134 Å². The summed E-state index contributed by atoms with van der Waals surface area (Å²) in [6, 6.07) is 63.4. The van der Waals surface area contributed by atoms with Crippen LogP contribution < -0.4 is 24.3 Å². The van der Waals surface area contributed by atoms with E-state index in [1.54, 1.807) is 45.0 Å². The molecular formula is C88H75FN20O8S. The van der Waals surface area contributed by atoms with E-state index < -0.39 is 0 Å². The number of nitrogens with one attached hydrogen (secondary N) is 1. The van der Waals surface area contributed by atoms with Crippen molar-refractivity contribution < 1.29 is 41.0 Å². The number of aromatic nitrogens is 19. The van der Waals surface area contributed by atoms with Gasteiger partial charge in [0.05, 0.1) is 45.7 Å². The number of hydrogen-bond acceptors (Lipinski definition) is 26. The Kier molecular flexibility index (Phi) is 21.5. The van der Waals surface area contributed by atoms with Gasteiger partial charge in [-0.05, 0) is 150 Å². The van der Waals surface area contributed by atoms with Crippen LogP contribution in [0.2, 0.25) is 0 Å². The number of rotatable bonds is 20. The average Bonchev–Trinajstić information content (AvgIpc) is 1.69. The lowest BCUT2D eigenvalue weighted by molar-refractivity contribution is 0.257. The second-order valence-electron chi connectivity index (χ2n) is 28.1. The Morgan fingerprint density at radius 1 is 0.458 bits per heavy atom. The third-order valence-electron chi connectivity index (χ3n) is 19.0. The number of fused-ring (bicyclic) bond motifs is 9. The SMILES string of the molecule is Cc1cc2nc(Nc3nc(OCc4cc5ccccc5o4)c4ccccc4n3)nc(C)c2cc1C.Cc1ccnc(SCc2cc(OCc3cc4ccccc4o3)n3nc(C)nc3n2)n1.Cc1nc2nc(C(C)C)cc(OCc3cc4ccccc4o3)n2n1.Cc1nnc(OCc2cc3ccccc3o2)c2c1nnn2Cc1ccccc1F. The molecule has 30 heteroatoms. The maximum atomic E-state index is 14.1. The Balaban J connectivity index is 0.000000114. The van der Waals surface area contributed by atoms with E-state index in [0.717, 1.165) is 106 Å². The molecule has 0 spiro atoms. The van der Waals surface area contributed by atoms with E-state index in [1.165, 1.54) is 29.0 Å². The van der Waals surface area contributed by atoms with Crippen LogP contribution in [0.4, 0.5) is 16.3 Å². The van der Waals surface area contributed by atoms with Gasteiger partial charge in [0.15, 0.2) is 10.7 Å². The molecule has 118 heavy (non-hydrogen) atoms. The van der Waals surface area contributed by atoms with Crippen molar-refractivity contribution in [1.82, 2.24) is 94.3 Å². The highest BCUT2D eigenvalue weighted by Gasteiger charge is 2.22. The maximum absolute atomic E-state index is 14.1. The number of thioether (sulfide) groups is 1. The van der Waals surface area contributed by atoms with Crippen LogP contribution >= 0.6 is 11.8 Å². The minimum atomic E-state index is -0.306. The molecule has 20 aromatic rings. The van der Waals surface area contributed by atoms with E-state index in [0.29, 0.717) is 98.3 Å². The van der Waals surface area contributed by atoms with Gasteiger partial charge in [-0.2, -0.15) is 24.0 Å². The molecule has 0 aliphatic rings. The van der Waals surface area contributed by atoms with Gasteiger partial charge in [-0.25, -0.2) is 44.0 Å². The van der Waals surface area contributed by atoms with Gasteiger partial charge in [0.1, 0.15) is 94.8 Å². The highest BCUT2D eigenvalue weighted by atomic mass is 32.2. The standard InChI is InChI=1S/C28H23N5O2.C21H16FN5O2.C21H18N6O2S.C18H18N4O2/c1-16-12-22-18(3)29-27(31-24(22)13-17(16)2)33-28-30-23-10-6-5-9-21(23)26(32-28)34-15-20-14-19-8-4-7-11-25(19)35-20;1-13-19-20(27(26-24-19)11-15-7-2-4-8-17(15)22)21(25-23-13)28-12-16-10-14-6-3-5-9-18(14)29-16;1-13-7-8-22-21(23-13)30-12-16-10-19(27-20(25-16)24-14(2)26-27)28-11-17-9-15-5-3-4-6-18(15)29-17;1-11(2)15-9-17(22-18(20-15)19-12(3)21-22)23-10-14-8-13-6-4-5-7-16(13)24-14/h4-14H,15H2,1-3H3,(H,29,30,31,32,33);2-10H,11-12H2,1H3;3-10H,11-12H2,1-2H3;4-9,11H,10H2,1-3H3. The minimum absolute atomic E-state index is 0.173. The van der Waals surface area contributed by atoms with E-state index in [4.69, 9.17) is 41.6 Å². The number of benzene rings is 7. The fourth-order valence-electron chi connectivity index (χ4n) is 13.0. The number of nitrogens with zero attached hydrogens (tertiary/aromatic N) is 19. The highest BCUT2D eigenvalue weighted by Crippen LogP contribution is 2.33. The fraction of sp³-hybridized carbons (Fsp3) is 0.182. The predicted molar refractivity (Wildman–Crippen MR) is 444 cm³/mol. The monoisotopic (exact) mass is 1590 g/mol. The van der Waals surface area contributed by atoms with Crippen molar-refractivity contribution in [3.05, 3.63) is 292 Å². The zero-order chi connectivity index (χ0) is 80.9. The van der Waals surface area contributed by atoms with E-state index in [-0.39, 0.29) is 44.0 Å². The Hall–Kier alpha value is -14.7. The molecule has 20 rings (SSSR count). The molecule has 0 amide bonds. The van der Waals surface area contributed by atoms with Crippen molar-refractivity contribution in [2.24, 2.45) is 0 Å². The highest BCUT2D eigenvalue weighted by molar-refractivity contribution is 7.98. The summed E-state index contributed by atoms with van der Waals surface area (Å²) in [6.45, 7) is 19.0. The Labute approximate surface area is 676 Å². The Bertz CT molecular complexity index is 6940. The number of anilines is 2. The molecule has 0 fully saturated rings. The number of ether oxygens (including phenoxy) is 4. The first kappa shape index (κ1) is 76.0. The normalized spacial score (nSPS) is 11.4. The number of aryl methyl sites for hydroxylation is 7. The van der Waals surface area contributed by atoms with Crippen molar-refractivity contribution in [3.8, 4) is 23.5 Å². The molecule has 28 nitrogen and oxygen atoms in total. The van der Waals surface area contributed by atoms with E-state index in [9.17, 15) is 4.39 Å². The third kappa shape index (κ3) is 17.1. The molecule has 0 saturated carbocycles. The molecular weight excluding hydrogens is 1520 g/mol. The van der Waals surface area contributed by atoms with Gasteiger partial charge >= 0.3 is 0 Å². The van der Waals surface area contributed by atoms with Crippen molar-refractivity contribution in [1.29, 1.82) is 0 Å². The smallest absolute Gasteiger partial charge is 0.262 e. The first-order valence-corrected chi connectivity index (χ1v) is 38.9. The molecule has 0 unspecified atom stereocenters.